The van der Waals surface area contributed by atoms with Gasteiger partial charge in [-0.3, -0.25) is 4.99 Å². The molecule has 0 amide bonds. The summed E-state index contributed by atoms with van der Waals surface area (Å²) < 4.78 is 5.86. The third kappa shape index (κ3) is 7.87. The largest absolute Gasteiger partial charge is 0.372 e. The van der Waals surface area contributed by atoms with Gasteiger partial charge in [-0.05, 0) is 42.6 Å². The van der Waals surface area contributed by atoms with Crippen molar-refractivity contribution in [1.29, 1.82) is 0 Å². The van der Waals surface area contributed by atoms with E-state index in [0.29, 0.717) is 13.2 Å². The summed E-state index contributed by atoms with van der Waals surface area (Å²) in [5.74, 6) is 0.854. The third-order valence-electron chi connectivity index (χ3n) is 5.22. The lowest BCUT2D eigenvalue weighted by molar-refractivity contribution is 0.107. The van der Waals surface area contributed by atoms with Crippen LogP contribution in [0.15, 0.2) is 59.6 Å². The molecule has 0 bridgehead atoms. The second kappa shape index (κ2) is 12.2. The van der Waals surface area contributed by atoms with Gasteiger partial charge >= 0.3 is 0 Å². The molecule has 3 rings (SSSR count). The van der Waals surface area contributed by atoms with Gasteiger partial charge in [0.25, 0.3) is 0 Å². The van der Waals surface area contributed by atoms with E-state index in [0.717, 1.165) is 25.6 Å². The Kier molecular flexibility index (Phi) is 9.01. The highest BCUT2D eigenvalue weighted by Gasteiger charge is 2.09. The molecule has 0 spiro atoms. The molecule has 5 heteroatoms. The molecule has 5 nitrogen and oxygen atoms in total. The van der Waals surface area contributed by atoms with Gasteiger partial charge in [-0.25, -0.2) is 0 Å². The molecule has 0 aromatic heterocycles. The van der Waals surface area contributed by atoms with E-state index in [4.69, 9.17) is 4.74 Å². The number of hydrogen-bond acceptors (Lipinski definition) is 3. The average molecular weight is 395 g/mol. The summed E-state index contributed by atoms with van der Waals surface area (Å²) in [6.07, 6.45) is 4.04. The first-order valence-electron chi connectivity index (χ1n) is 10.7. The minimum absolute atomic E-state index is 0.617. The first-order chi connectivity index (χ1) is 14.3. The molecule has 29 heavy (non-hydrogen) atoms. The average Bonchev–Trinajstić information content (AvgIpc) is 2.78. The van der Waals surface area contributed by atoms with Crippen molar-refractivity contribution in [1.82, 2.24) is 15.5 Å². The Morgan fingerprint density at radius 2 is 1.62 bits per heavy atom. The number of nitrogens with one attached hydrogen (secondary N) is 2. The SMILES string of the molecule is CN=C(NCCN1CCCCC1)NCc1cccc(COCc2ccccc2)c1. The molecule has 1 fully saturated rings. The van der Waals surface area contributed by atoms with E-state index in [1.807, 2.05) is 25.2 Å². The lowest BCUT2D eigenvalue weighted by atomic mass is 10.1. The van der Waals surface area contributed by atoms with Crippen molar-refractivity contribution in [3.63, 3.8) is 0 Å². The van der Waals surface area contributed by atoms with Gasteiger partial charge in [0.05, 0.1) is 13.2 Å². The summed E-state index contributed by atoms with van der Waals surface area (Å²) in [5.41, 5.74) is 3.61. The molecule has 1 heterocycles. The van der Waals surface area contributed by atoms with Crippen LogP contribution in [0.3, 0.4) is 0 Å². The minimum atomic E-state index is 0.617. The standard InChI is InChI=1S/C24H34N4O/c1-25-24(26-13-16-28-14-6-3-7-15-28)27-18-22-11-8-12-23(17-22)20-29-19-21-9-4-2-5-10-21/h2,4-5,8-12,17H,3,6-7,13-16,18-20H2,1H3,(H2,25,26,27). The summed E-state index contributed by atoms with van der Waals surface area (Å²) in [7, 11) is 1.82. The molecule has 0 atom stereocenters. The molecule has 1 saturated heterocycles. The van der Waals surface area contributed by atoms with Crippen LogP contribution in [0.4, 0.5) is 0 Å². The quantitative estimate of drug-likeness (QED) is 0.504. The van der Waals surface area contributed by atoms with Crippen molar-refractivity contribution in [2.24, 2.45) is 4.99 Å². The maximum absolute atomic E-state index is 5.86. The van der Waals surface area contributed by atoms with Gasteiger partial charge in [-0.15, -0.1) is 0 Å². The first-order valence-corrected chi connectivity index (χ1v) is 10.7. The van der Waals surface area contributed by atoms with Gasteiger partial charge in [0.15, 0.2) is 5.96 Å². The predicted octanol–water partition coefficient (Wildman–Crippen LogP) is 3.55. The van der Waals surface area contributed by atoms with Crippen LogP contribution in [0.1, 0.15) is 36.0 Å². The molecular formula is C24H34N4O. The van der Waals surface area contributed by atoms with E-state index in [1.165, 1.54) is 49.0 Å². The Balaban J connectivity index is 1.38. The van der Waals surface area contributed by atoms with E-state index in [2.05, 4.69) is 56.9 Å². The topological polar surface area (TPSA) is 48.9 Å². The highest BCUT2D eigenvalue weighted by Crippen LogP contribution is 2.09. The fourth-order valence-electron chi connectivity index (χ4n) is 3.61. The molecule has 0 aliphatic carbocycles. The fraction of sp³-hybridized carbons (Fsp3) is 0.458. The summed E-state index contributed by atoms with van der Waals surface area (Å²) in [4.78, 5) is 6.87. The Hall–Kier alpha value is -2.37. The number of guanidine groups is 1. The van der Waals surface area contributed by atoms with Crippen molar-refractivity contribution in [2.45, 2.75) is 39.0 Å². The number of likely N-dealkylation sites (tertiary alicyclic amines) is 1. The van der Waals surface area contributed by atoms with Crippen molar-refractivity contribution < 1.29 is 4.74 Å². The monoisotopic (exact) mass is 394 g/mol. The number of nitrogens with zero attached hydrogens (tertiary/aromatic N) is 2. The van der Waals surface area contributed by atoms with Crippen molar-refractivity contribution in [2.75, 3.05) is 33.2 Å². The predicted molar refractivity (Wildman–Crippen MR) is 120 cm³/mol. The number of benzene rings is 2. The maximum Gasteiger partial charge on any atom is 0.191 e. The van der Waals surface area contributed by atoms with Crippen LogP contribution in [0.5, 0.6) is 0 Å². The van der Waals surface area contributed by atoms with Gasteiger partial charge < -0.3 is 20.3 Å². The smallest absolute Gasteiger partial charge is 0.191 e. The van der Waals surface area contributed by atoms with Gasteiger partial charge in [0.1, 0.15) is 0 Å². The molecule has 2 aromatic carbocycles. The summed E-state index contributed by atoms with van der Waals surface area (Å²) >= 11 is 0. The van der Waals surface area contributed by atoms with Gasteiger partial charge in [0.2, 0.25) is 0 Å². The molecular weight excluding hydrogens is 360 g/mol. The van der Waals surface area contributed by atoms with E-state index in [-0.39, 0.29) is 0 Å². The van der Waals surface area contributed by atoms with Crippen LogP contribution in [-0.2, 0) is 24.5 Å². The van der Waals surface area contributed by atoms with Crippen LogP contribution >= 0.6 is 0 Å². The van der Waals surface area contributed by atoms with Crippen molar-refractivity contribution in [3.05, 3.63) is 71.3 Å². The highest BCUT2D eigenvalue weighted by molar-refractivity contribution is 5.79. The summed E-state index contributed by atoms with van der Waals surface area (Å²) in [6.45, 7) is 6.46. The van der Waals surface area contributed by atoms with Crippen molar-refractivity contribution in [3.8, 4) is 0 Å². The molecule has 2 N–H and O–H groups in total. The molecule has 2 aromatic rings. The zero-order valence-corrected chi connectivity index (χ0v) is 17.6. The van der Waals surface area contributed by atoms with Crippen LogP contribution in [-0.4, -0.2) is 44.1 Å². The molecule has 1 aliphatic heterocycles. The number of hydrogen-bond donors (Lipinski definition) is 2. The molecule has 0 unspecified atom stereocenters. The number of piperidine rings is 1. The Labute approximate surface area is 175 Å². The Morgan fingerprint density at radius 3 is 2.41 bits per heavy atom. The zero-order valence-electron chi connectivity index (χ0n) is 17.6. The van der Waals surface area contributed by atoms with E-state index in [1.54, 1.807) is 0 Å². The maximum atomic E-state index is 5.86. The normalized spacial score (nSPS) is 15.3. The van der Waals surface area contributed by atoms with E-state index >= 15 is 0 Å². The second-order valence-electron chi connectivity index (χ2n) is 7.55. The molecule has 1 aliphatic rings. The minimum Gasteiger partial charge on any atom is -0.372 e. The number of aliphatic imine (C=N–C) groups is 1. The Bertz CT molecular complexity index is 742. The molecule has 0 radical (unpaired) electrons. The van der Waals surface area contributed by atoms with Crippen LogP contribution < -0.4 is 10.6 Å². The van der Waals surface area contributed by atoms with E-state index < -0.39 is 0 Å². The molecule has 0 saturated carbocycles. The van der Waals surface area contributed by atoms with Crippen LogP contribution in [0.25, 0.3) is 0 Å². The van der Waals surface area contributed by atoms with Crippen LogP contribution in [0.2, 0.25) is 0 Å². The van der Waals surface area contributed by atoms with E-state index in [9.17, 15) is 0 Å². The number of rotatable bonds is 9. The van der Waals surface area contributed by atoms with Gasteiger partial charge in [-0.1, -0.05) is 61.0 Å². The van der Waals surface area contributed by atoms with Gasteiger partial charge in [0, 0.05) is 26.7 Å². The van der Waals surface area contributed by atoms with Crippen LogP contribution in [0, 0.1) is 0 Å². The highest BCUT2D eigenvalue weighted by atomic mass is 16.5. The second-order valence-corrected chi connectivity index (χ2v) is 7.55. The molecule has 156 valence electrons. The van der Waals surface area contributed by atoms with Gasteiger partial charge in [-0.2, -0.15) is 0 Å². The lowest BCUT2D eigenvalue weighted by Gasteiger charge is -2.26. The Morgan fingerprint density at radius 1 is 0.897 bits per heavy atom. The lowest BCUT2D eigenvalue weighted by Crippen LogP contribution is -2.42. The first kappa shape index (κ1) is 21.3. The zero-order chi connectivity index (χ0) is 20.2. The summed E-state index contributed by atoms with van der Waals surface area (Å²) in [5, 5.41) is 6.84. The number of ether oxygens (including phenoxy) is 1. The van der Waals surface area contributed by atoms with Crippen molar-refractivity contribution >= 4 is 5.96 Å². The summed E-state index contributed by atoms with van der Waals surface area (Å²) in [6, 6.07) is 18.8. The fourth-order valence-corrected chi connectivity index (χ4v) is 3.61. The third-order valence-corrected chi connectivity index (χ3v) is 5.22.